The molecule has 0 unspecified atom stereocenters. The average molecular weight is 374 g/mol. The topological polar surface area (TPSA) is 108 Å². The minimum absolute atomic E-state index is 0.213. The largest absolute Gasteiger partial charge is 0.480 e. The molecular formula is C18H34N2O6. The number of carboxylic acid groups (broad SMARTS) is 2. The lowest BCUT2D eigenvalue weighted by atomic mass is 10.1. The standard InChI is InChI=1S/C18H34N2O6/c1-2-25-26-19-13-11-9-7-5-3-4-6-8-10-12-14-20(15-17(21)22)16-18(23)24/h2,19H,1,3-16H2,(H,21,22)(H,23,24). The first-order chi connectivity index (χ1) is 12.6. The van der Waals surface area contributed by atoms with E-state index in [0.717, 1.165) is 38.6 Å². The smallest absolute Gasteiger partial charge is 0.317 e. The molecule has 26 heavy (non-hydrogen) atoms. The summed E-state index contributed by atoms with van der Waals surface area (Å²) in [4.78, 5) is 31.9. The van der Waals surface area contributed by atoms with Gasteiger partial charge in [-0.05, 0) is 19.4 Å². The van der Waals surface area contributed by atoms with Crippen LogP contribution in [0.15, 0.2) is 12.8 Å². The van der Waals surface area contributed by atoms with Crippen molar-refractivity contribution in [2.75, 3.05) is 26.2 Å². The summed E-state index contributed by atoms with van der Waals surface area (Å²) in [6.45, 7) is 4.21. The minimum Gasteiger partial charge on any atom is -0.480 e. The van der Waals surface area contributed by atoms with Gasteiger partial charge in [-0.25, -0.2) is 0 Å². The summed E-state index contributed by atoms with van der Waals surface area (Å²) in [7, 11) is 0. The molecule has 3 N–H and O–H groups in total. The van der Waals surface area contributed by atoms with E-state index >= 15 is 0 Å². The van der Waals surface area contributed by atoms with Gasteiger partial charge in [-0.3, -0.25) is 14.5 Å². The molecule has 0 heterocycles. The number of hydroxylamine groups is 1. The lowest BCUT2D eigenvalue weighted by Crippen LogP contribution is -2.35. The Bertz CT molecular complexity index is 363. The van der Waals surface area contributed by atoms with Crippen molar-refractivity contribution in [2.45, 2.75) is 64.2 Å². The molecule has 0 rings (SSSR count). The van der Waals surface area contributed by atoms with Crippen LogP contribution in [0.5, 0.6) is 0 Å². The number of aliphatic carboxylic acids is 2. The molecule has 0 atom stereocenters. The fraction of sp³-hybridized carbons (Fsp3) is 0.778. The molecule has 0 radical (unpaired) electrons. The molecule has 0 saturated carbocycles. The van der Waals surface area contributed by atoms with Crippen LogP contribution in [0.3, 0.4) is 0 Å². The molecule has 0 aromatic heterocycles. The predicted octanol–water partition coefficient (Wildman–Crippen LogP) is 2.95. The van der Waals surface area contributed by atoms with Gasteiger partial charge in [0, 0.05) is 6.54 Å². The van der Waals surface area contributed by atoms with Crippen molar-refractivity contribution in [1.82, 2.24) is 10.4 Å². The number of rotatable bonds is 20. The molecule has 8 heteroatoms. The van der Waals surface area contributed by atoms with Crippen LogP contribution < -0.4 is 5.48 Å². The second kappa shape index (κ2) is 18.2. The second-order valence-corrected chi connectivity index (χ2v) is 6.27. The molecule has 0 amide bonds. The lowest BCUT2D eigenvalue weighted by Gasteiger charge is -2.17. The number of carbonyl (C=O) groups is 2. The van der Waals surface area contributed by atoms with Crippen LogP contribution in [0.4, 0.5) is 0 Å². The highest BCUT2D eigenvalue weighted by molar-refractivity contribution is 5.72. The summed E-state index contributed by atoms with van der Waals surface area (Å²) in [5.41, 5.74) is 2.68. The van der Waals surface area contributed by atoms with Gasteiger partial charge in [-0.2, -0.15) is 5.48 Å². The van der Waals surface area contributed by atoms with Crippen molar-refractivity contribution < 1.29 is 29.7 Å². The number of carboxylic acids is 2. The Balaban J connectivity index is 3.35. The van der Waals surface area contributed by atoms with Crippen molar-refractivity contribution in [3.63, 3.8) is 0 Å². The normalized spacial score (nSPS) is 10.8. The number of hydrogen-bond donors (Lipinski definition) is 3. The van der Waals surface area contributed by atoms with E-state index in [1.54, 1.807) is 0 Å². The van der Waals surface area contributed by atoms with E-state index in [4.69, 9.17) is 10.2 Å². The van der Waals surface area contributed by atoms with Gasteiger partial charge >= 0.3 is 11.9 Å². The summed E-state index contributed by atoms with van der Waals surface area (Å²) < 4.78 is 0. The van der Waals surface area contributed by atoms with E-state index in [1.807, 2.05) is 0 Å². The average Bonchev–Trinajstić information content (AvgIpc) is 2.57. The molecule has 0 aromatic rings. The minimum atomic E-state index is -0.986. The zero-order valence-electron chi connectivity index (χ0n) is 15.7. The highest BCUT2D eigenvalue weighted by atomic mass is 17.3. The summed E-state index contributed by atoms with van der Waals surface area (Å²) >= 11 is 0. The Morgan fingerprint density at radius 2 is 1.31 bits per heavy atom. The Kier molecular flexibility index (Phi) is 17.0. The Morgan fingerprint density at radius 3 is 1.77 bits per heavy atom. The highest BCUT2D eigenvalue weighted by Gasteiger charge is 2.12. The summed E-state index contributed by atoms with van der Waals surface area (Å²) in [5.74, 6) is -1.97. The van der Waals surface area contributed by atoms with Gasteiger partial charge in [0.25, 0.3) is 0 Å². The molecule has 0 aromatic carbocycles. The number of hydrogen-bond acceptors (Lipinski definition) is 6. The zero-order chi connectivity index (χ0) is 19.5. The van der Waals surface area contributed by atoms with E-state index in [-0.39, 0.29) is 13.1 Å². The van der Waals surface area contributed by atoms with Crippen molar-refractivity contribution in [3.8, 4) is 0 Å². The maximum absolute atomic E-state index is 10.7. The third-order valence-corrected chi connectivity index (χ3v) is 3.90. The van der Waals surface area contributed by atoms with Gasteiger partial charge in [0.15, 0.2) is 0 Å². The third kappa shape index (κ3) is 18.7. The Hall–Kier alpha value is -1.64. The Morgan fingerprint density at radius 1 is 0.846 bits per heavy atom. The summed E-state index contributed by atoms with van der Waals surface area (Å²) in [5, 5.41) is 17.5. The molecule has 0 bridgehead atoms. The van der Waals surface area contributed by atoms with Crippen molar-refractivity contribution >= 4 is 11.9 Å². The fourth-order valence-corrected chi connectivity index (χ4v) is 2.65. The van der Waals surface area contributed by atoms with Gasteiger partial charge in [-0.15, -0.1) is 0 Å². The quantitative estimate of drug-likeness (QED) is 0.129. The SMILES string of the molecule is C=COONCCCCCCCCCCCCN(CC(=O)O)CC(=O)O. The highest BCUT2D eigenvalue weighted by Crippen LogP contribution is 2.10. The van der Waals surface area contributed by atoms with Gasteiger partial charge in [0.05, 0.1) is 13.1 Å². The molecule has 0 saturated heterocycles. The molecule has 0 aliphatic rings. The number of nitrogens with one attached hydrogen (secondary N) is 1. The maximum Gasteiger partial charge on any atom is 0.317 e. The van der Waals surface area contributed by atoms with Crippen molar-refractivity contribution in [3.05, 3.63) is 12.8 Å². The van der Waals surface area contributed by atoms with Crippen LogP contribution in [0.2, 0.25) is 0 Å². The zero-order valence-corrected chi connectivity index (χ0v) is 15.7. The number of nitrogens with zero attached hydrogens (tertiary/aromatic N) is 1. The van der Waals surface area contributed by atoms with Gasteiger partial charge < -0.3 is 15.1 Å². The predicted molar refractivity (Wildman–Crippen MR) is 98.3 cm³/mol. The van der Waals surface area contributed by atoms with Crippen molar-refractivity contribution in [1.29, 1.82) is 0 Å². The first-order valence-electron chi connectivity index (χ1n) is 9.38. The molecular weight excluding hydrogens is 340 g/mol. The van der Waals surface area contributed by atoms with E-state index < -0.39 is 11.9 Å². The van der Waals surface area contributed by atoms with E-state index in [0.29, 0.717) is 6.54 Å². The summed E-state index contributed by atoms with van der Waals surface area (Å²) in [6, 6.07) is 0. The van der Waals surface area contributed by atoms with Crippen LogP contribution in [-0.4, -0.2) is 53.2 Å². The molecule has 0 aliphatic carbocycles. The molecule has 8 nitrogen and oxygen atoms in total. The van der Waals surface area contributed by atoms with Gasteiger partial charge in [0.2, 0.25) is 0 Å². The first kappa shape index (κ1) is 24.4. The van der Waals surface area contributed by atoms with Crippen LogP contribution in [0.1, 0.15) is 64.2 Å². The van der Waals surface area contributed by atoms with Crippen LogP contribution >= 0.6 is 0 Å². The van der Waals surface area contributed by atoms with Crippen LogP contribution in [0, 0.1) is 0 Å². The molecule has 0 aliphatic heterocycles. The van der Waals surface area contributed by atoms with Gasteiger partial charge in [-0.1, -0.05) is 62.9 Å². The first-order valence-corrected chi connectivity index (χ1v) is 9.38. The monoisotopic (exact) mass is 374 g/mol. The van der Waals surface area contributed by atoms with Crippen LogP contribution in [0.25, 0.3) is 0 Å². The molecule has 0 spiro atoms. The summed E-state index contributed by atoms with van der Waals surface area (Å²) in [6.07, 6.45) is 12.4. The van der Waals surface area contributed by atoms with E-state index in [1.165, 1.54) is 43.3 Å². The van der Waals surface area contributed by atoms with Crippen LogP contribution in [-0.2, 0) is 19.5 Å². The molecule has 0 fully saturated rings. The second-order valence-electron chi connectivity index (χ2n) is 6.27. The maximum atomic E-state index is 10.7. The Labute approximate surface area is 156 Å². The fourth-order valence-electron chi connectivity index (χ4n) is 2.65. The molecule has 152 valence electrons. The van der Waals surface area contributed by atoms with E-state index in [2.05, 4.69) is 21.9 Å². The lowest BCUT2D eigenvalue weighted by molar-refractivity contribution is -0.295. The number of unbranched alkanes of at least 4 members (excludes halogenated alkanes) is 9. The van der Waals surface area contributed by atoms with Gasteiger partial charge in [0.1, 0.15) is 6.26 Å². The third-order valence-electron chi connectivity index (χ3n) is 3.90. The van der Waals surface area contributed by atoms with E-state index in [9.17, 15) is 9.59 Å². The van der Waals surface area contributed by atoms with Crippen molar-refractivity contribution in [2.24, 2.45) is 0 Å².